The summed E-state index contributed by atoms with van der Waals surface area (Å²) in [5.74, 6) is -3.07. The Morgan fingerprint density at radius 2 is 1.74 bits per heavy atom. The molecule has 0 saturated carbocycles. The summed E-state index contributed by atoms with van der Waals surface area (Å²) in [5, 5.41) is 9.82. The van der Waals surface area contributed by atoms with Crippen LogP contribution in [0.4, 0.5) is 39.3 Å². The second kappa shape index (κ2) is 11.3. The summed E-state index contributed by atoms with van der Waals surface area (Å²) < 4.78 is 73.4. The van der Waals surface area contributed by atoms with Gasteiger partial charge in [0.05, 0.1) is 22.4 Å². The van der Waals surface area contributed by atoms with Crippen LogP contribution in [0.15, 0.2) is 41.6 Å². The number of alkyl halides is 3. The third kappa shape index (κ3) is 5.89. The number of aromatic amines is 1. The van der Waals surface area contributed by atoms with E-state index in [1.165, 1.54) is 12.4 Å². The number of piperazine rings is 1. The van der Waals surface area contributed by atoms with E-state index in [0.29, 0.717) is 19.3 Å². The summed E-state index contributed by atoms with van der Waals surface area (Å²) in [7, 11) is 1.91. The molecule has 1 fully saturated rings. The molecule has 4 N–H and O–H groups in total. The molecule has 4 heterocycles. The van der Waals surface area contributed by atoms with Crippen molar-refractivity contribution in [1.29, 1.82) is 0 Å². The average Bonchev–Trinajstić information content (AvgIpc) is 3.42. The number of likely N-dealkylation sites (N-methyl/N-ethyl adjacent to an activating group) is 1. The fourth-order valence-corrected chi connectivity index (χ4v) is 5.32. The van der Waals surface area contributed by atoms with Crippen LogP contribution in [-0.4, -0.2) is 76.2 Å². The van der Waals surface area contributed by atoms with Crippen molar-refractivity contribution in [2.24, 2.45) is 0 Å². The molecule has 2 aromatic heterocycles. The van der Waals surface area contributed by atoms with Crippen LogP contribution in [0.2, 0.25) is 0 Å². The lowest BCUT2D eigenvalue weighted by molar-refractivity contribution is -0.138. The lowest BCUT2D eigenvalue weighted by Gasteiger charge is -2.44. The number of aromatic nitrogens is 3. The molecule has 1 aromatic carbocycles. The highest BCUT2D eigenvalue weighted by molar-refractivity contribution is 6.07. The average molecular weight is 607 g/mol. The van der Waals surface area contributed by atoms with Crippen molar-refractivity contribution in [3.05, 3.63) is 75.5 Å². The Hall–Kier alpha value is -4.53. The predicted molar refractivity (Wildman–Crippen MR) is 151 cm³/mol. The van der Waals surface area contributed by atoms with Gasteiger partial charge in [-0.3, -0.25) is 14.5 Å². The molecule has 43 heavy (non-hydrogen) atoms. The molecule has 2 aliphatic rings. The van der Waals surface area contributed by atoms with E-state index in [1.54, 1.807) is 15.9 Å². The van der Waals surface area contributed by atoms with Gasteiger partial charge in [0, 0.05) is 56.6 Å². The number of anilines is 3. The van der Waals surface area contributed by atoms with Crippen molar-refractivity contribution in [2.45, 2.75) is 32.1 Å². The van der Waals surface area contributed by atoms with Crippen molar-refractivity contribution >= 4 is 28.8 Å². The molecule has 0 bridgehead atoms. The smallest absolute Gasteiger partial charge is 0.417 e. The summed E-state index contributed by atoms with van der Waals surface area (Å²) >= 11 is 0. The van der Waals surface area contributed by atoms with Gasteiger partial charge in [0.1, 0.15) is 23.9 Å². The van der Waals surface area contributed by atoms with Gasteiger partial charge in [-0.15, -0.1) is 0 Å². The van der Waals surface area contributed by atoms with Crippen LogP contribution in [0, 0.1) is 11.6 Å². The third-order valence-corrected chi connectivity index (χ3v) is 7.77. The first-order chi connectivity index (χ1) is 20.2. The zero-order valence-corrected chi connectivity index (χ0v) is 23.4. The summed E-state index contributed by atoms with van der Waals surface area (Å²) in [5.41, 5.74) is -4.24. The molecule has 1 amide bonds. The molecular formula is C28H29F5N7O3+. The van der Waals surface area contributed by atoms with Gasteiger partial charge in [0.15, 0.2) is 5.82 Å². The number of hydrogen-bond acceptors (Lipinski definition) is 7. The Morgan fingerprint density at radius 1 is 1.09 bits per heavy atom. The number of carbonyl (C=O) groups is 1. The molecule has 0 aliphatic carbocycles. The van der Waals surface area contributed by atoms with Gasteiger partial charge in [-0.1, -0.05) is 6.08 Å². The standard InChI is InChI=1S/C28H28F5N7O3/c1-14-11-40(12-15(2)38(14)3)21-7-20(29)23(16-4-5-39(13-16)27-35-8-17(41)9-36-27)24(30)25(21)37-26(43)18-10-34-22(42)6-19(18)28(31,32)33/h4,6-10,14-15,41H,5,11-13H2,1-3H3,(H,34,42)(H,37,43)/p+1/t14-,15+. The lowest BCUT2D eigenvalue weighted by Crippen LogP contribution is -2.55. The number of amides is 1. The van der Waals surface area contributed by atoms with Gasteiger partial charge in [-0.25, -0.2) is 18.7 Å². The lowest BCUT2D eigenvalue weighted by atomic mass is 10.0. The van der Waals surface area contributed by atoms with E-state index in [0.717, 1.165) is 6.07 Å². The number of H-pyrrole nitrogens is 1. The predicted octanol–water partition coefficient (Wildman–Crippen LogP) is 3.58. The number of rotatable bonds is 5. The highest BCUT2D eigenvalue weighted by atomic mass is 19.4. The van der Waals surface area contributed by atoms with Gasteiger partial charge in [-0.05, 0) is 26.5 Å². The van der Waals surface area contributed by atoms with E-state index < -0.39 is 51.7 Å². The summed E-state index contributed by atoms with van der Waals surface area (Å²) in [6.07, 6.45) is -0.296. The molecule has 0 unspecified atom stereocenters. The summed E-state index contributed by atoms with van der Waals surface area (Å²) in [4.78, 5) is 40.5. The van der Waals surface area contributed by atoms with E-state index >= 15 is 8.78 Å². The number of carbonyl (C=O) groups excluding carboxylic acids is 1. The normalized spacial score (nSPS) is 19.5. The highest BCUT2D eigenvalue weighted by Gasteiger charge is 2.37. The maximum atomic E-state index is 16.4. The second-order valence-corrected chi connectivity index (χ2v) is 10.7. The summed E-state index contributed by atoms with van der Waals surface area (Å²) in [6.45, 7) is 4.70. The van der Waals surface area contributed by atoms with Gasteiger partial charge < -0.3 is 25.2 Å². The minimum Gasteiger partial charge on any atom is -0.591 e. The zero-order chi connectivity index (χ0) is 31.2. The molecule has 3 aromatic rings. The first kappa shape index (κ1) is 29.9. The van der Waals surface area contributed by atoms with Crippen LogP contribution in [0.5, 0.6) is 5.75 Å². The second-order valence-electron chi connectivity index (χ2n) is 10.7. The minimum absolute atomic E-state index is 0.00135. The molecule has 1 saturated heterocycles. The molecule has 10 nitrogen and oxygen atoms in total. The third-order valence-electron chi connectivity index (χ3n) is 7.77. The van der Waals surface area contributed by atoms with E-state index in [4.69, 9.17) is 5.11 Å². The Balaban J connectivity index is 1.57. The maximum Gasteiger partial charge on any atom is 0.417 e. The van der Waals surface area contributed by atoms with Crippen LogP contribution in [0.25, 0.3) is 5.57 Å². The van der Waals surface area contributed by atoms with Crippen molar-refractivity contribution in [2.75, 3.05) is 48.3 Å². The Bertz CT molecular complexity index is 1630. The fraction of sp³-hybridized carbons (Fsp3) is 0.357. The summed E-state index contributed by atoms with van der Waals surface area (Å²) in [6, 6.07) is 1.23. The maximum absolute atomic E-state index is 16.4. The quantitative estimate of drug-likeness (QED) is 0.337. The number of pyridine rings is 1. The van der Waals surface area contributed by atoms with E-state index in [2.05, 4.69) is 25.2 Å². The number of nitrogens with one attached hydrogen (secondary N) is 2. The first-order valence-electron chi connectivity index (χ1n) is 13.3. The minimum atomic E-state index is -5.04. The Morgan fingerprint density at radius 3 is 2.37 bits per heavy atom. The number of nitrogens with zero attached hydrogens (tertiary/aromatic N) is 5. The van der Waals surface area contributed by atoms with Crippen molar-refractivity contribution < 1.29 is 31.9 Å². The topological polar surface area (TPSA) is 120 Å². The van der Waals surface area contributed by atoms with Gasteiger partial charge in [0.2, 0.25) is 11.5 Å². The van der Waals surface area contributed by atoms with Gasteiger partial charge in [-0.2, -0.15) is 13.2 Å². The molecule has 0 radical (unpaired) electrons. The monoisotopic (exact) mass is 606 g/mol. The SMILES string of the molecule is C[C@@H]1CN(c2cc(F)c(C3=CCN(c4ncc([OH2+])cn4)C3)c(F)c2NC(=O)c2c[nH]c(=O)cc2C(F)(F)F)C[C@H](C)N1C. The van der Waals surface area contributed by atoms with Crippen LogP contribution in [-0.2, 0) is 6.18 Å². The Kier molecular flexibility index (Phi) is 7.86. The highest BCUT2D eigenvalue weighted by Crippen LogP contribution is 2.40. The molecular weight excluding hydrogens is 577 g/mol. The van der Waals surface area contributed by atoms with E-state index in [-0.39, 0.29) is 54.2 Å². The van der Waals surface area contributed by atoms with E-state index in [1.807, 2.05) is 20.9 Å². The molecule has 0 spiro atoms. The van der Waals surface area contributed by atoms with Crippen LogP contribution >= 0.6 is 0 Å². The van der Waals surface area contributed by atoms with E-state index in [9.17, 15) is 22.8 Å². The molecule has 2 atom stereocenters. The molecule has 15 heteroatoms. The molecule has 5 rings (SSSR count). The largest absolute Gasteiger partial charge is 0.591 e. The fourth-order valence-electron chi connectivity index (χ4n) is 5.32. The van der Waals surface area contributed by atoms with Crippen LogP contribution < -0.4 is 20.7 Å². The Labute approximate surface area is 242 Å². The van der Waals surface area contributed by atoms with Crippen LogP contribution in [0.1, 0.15) is 35.3 Å². The number of halogens is 5. The van der Waals surface area contributed by atoms with Gasteiger partial charge >= 0.3 is 6.18 Å². The molecule has 2 aliphatic heterocycles. The first-order valence-corrected chi connectivity index (χ1v) is 13.3. The molecule has 228 valence electrons. The van der Waals surface area contributed by atoms with Gasteiger partial charge in [0.25, 0.3) is 11.7 Å². The van der Waals surface area contributed by atoms with Crippen LogP contribution in [0.3, 0.4) is 0 Å². The number of benzene rings is 1. The van der Waals surface area contributed by atoms with Crippen molar-refractivity contribution in [3.8, 4) is 5.75 Å². The zero-order valence-electron chi connectivity index (χ0n) is 23.4. The van der Waals surface area contributed by atoms with Crippen molar-refractivity contribution in [1.82, 2.24) is 19.9 Å². The number of hydrogen-bond donors (Lipinski definition) is 2. The van der Waals surface area contributed by atoms with Crippen molar-refractivity contribution in [3.63, 3.8) is 0 Å².